The lowest BCUT2D eigenvalue weighted by Gasteiger charge is -2.21. The summed E-state index contributed by atoms with van der Waals surface area (Å²) < 4.78 is 23.5. The molecule has 0 unspecified atom stereocenters. The Balaban J connectivity index is 1.48. The van der Waals surface area contributed by atoms with E-state index in [1.807, 2.05) is 24.3 Å². The summed E-state index contributed by atoms with van der Waals surface area (Å²) in [5.74, 6) is 2.64. The van der Waals surface area contributed by atoms with Gasteiger partial charge in [0.15, 0.2) is 11.5 Å². The van der Waals surface area contributed by atoms with Gasteiger partial charge in [0.2, 0.25) is 0 Å². The van der Waals surface area contributed by atoms with Crippen LogP contribution in [-0.2, 0) is 9.47 Å². The normalized spacial score (nSPS) is 41.6. The summed E-state index contributed by atoms with van der Waals surface area (Å²) >= 11 is 0. The van der Waals surface area contributed by atoms with Crippen LogP contribution in [0.3, 0.4) is 0 Å². The first-order chi connectivity index (χ1) is 8.83. The lowest BCUT2D eigenvalue weighted by molar-refractivity contribution is -0.392. The molecule has 4 atom stereocenters. The molecule has 18 heavy (non-hydrogen) atoms. The third-order valence-corrected chi connectivity index (χ3v) is 4.65. The van der Waals surface area contributed by atoms with E-state index in [1.54, 1.807) is 0 Å². The van der Waals surface area contributed by atoms with Crippen LogP contribution in [0.1, 0.15) is 19.3 Å². The van der Waals surface area contributed by atoms with E-state index < -0.39 is 6.16 Å². The third-order valence-electron chi connectivity index (χ3n) is 4.65. The van der Waals surface area contributed by atoms with Crippen molar-refractivity contribution in [3.05, 3.63) is 24.3 Å². The summed E-state index contributed by atoms with van der Waals surface area (Å²) in [5.41, 5.74) is 0. The number of rotatable bonds is 0. The molecule has 0 N–H and O–H groups in total. The fraction of sp³-hybridized carbons (Fsp3) is 0.571. The van der Waals surface area contributed by atoms with Crippen LogP contribution >= 0.6 is 0 Å². The van der Waals surface area contributed by atoms with E-state index in [4.69, 9.17) is 18.9 Å². The van der Waals surface area contributed by atoms with Gasteiger partial charge in [-0.05, 0) is 43.2 Å². The molecule has 94 valence electrons. The van der Waals surface area contributed by atoms with Crippen LogP contribution in [0.15, 0.2) is 24.3 Å². The molecule has 1 saturated heterocycles. The van der Waals surface area contributed by atoms with E-state index >= 15 is 0 Å². The fourth-order valence-electron chi connectivity index (χ4n) is 3.88. The Morgan fingerprint density at radius 2 is 1.44 bits per heavy atom. The van der Waals surface area contributed by atoms with Crippen LogP contribution in [0.5, 0.6) is 11.5 Å². The first-order valence-electron chi connectivity index (χ1n) is 6.66. The van der Waals surface area contributed by atoms with Gasteiger partial charge in [0.25, 0.3) is 0 Å². The smallest absolute Gasteiger partial charge is 0.403 e. The van der Waals surface area contributed by atoms with Crippen LogP contribution in [0.4, 0.5) is 0 Å². The second-order valence-corrected chi connectivity index (χ2v) is 5.65. The molecule has 4 nitrogen and oxygen atoms in total. The topological polar surface area (TPSA) is 36.9 Å². The Hall–Kier alpha value is -1.26. The molecule has 2 heterocycles. The Morgan fingerprint density at radius 3 is 2.00 bits per heavy atom. The molecule has 2 aliphatic carbocycles. The largest absolute Gasteiger partial charge is 0.511 e. The van der Waals surface area contributed by atoms with E-state index in [9.17, 15) is 0 Å². The molecule has 2 aliphatic heterocycles. The predicted molar refractivity (Wildman–Crippen MR) is 61.0 cm³/mol. The summed E-state index contributed by atoms with van der Waals surface area (Å²) in [4.78, 5) is 0. The number of para-hydroxylation sites is 2. The number of ether oxygens (including phenoxy) is 4. The molecule has 0 radical (unpaired) electrons. The van der Waals surface area contributed by atoms with Gasteiger partial charge < -0.3 is 9.47 Å². The van der Waals surface area contributed by atoms with Crippen molar-refractivity contribution in [1.29, 1.82) is 0 Å². The van der Waals surface area contributed by atoms with Gasteiger partial charge in [0.05, 0.1) is 12.2 Å². The summed E-state index contributed by atoms with van der Waals surface area (Å²) in [6.07, 6.45) is 2.73. The van der Waals surface area contributed by atoms with Crippen molar-refractivity contribution in [3.8, 4) is 11.5 Å². The molecule has 2 bridgehead atoms. The van der Waals surface area contributed by atoms with Gasteiger partial charge >= 0.3 is 6.16 Å². The number of hydrogen-bond donors (Lipinski definition) is 0. The molecular formula is C14H14O4. The van der Waals surface area contributed by atoms with E-state index in [-0.39, 0.29) is 12.2 Å². The standard InChI is InChI=1S/C14H14O4/c1-2-4-11-10(3-1)15-14(16-11)17-12-8-5-6-9(7-8)13(12)18-14/h1-4,8-9,12-13H,5-7H2/t8-,9+,12+,13-. The average Bonchev–Trinajstić information content (AvgIpc) is 3.08. The molecule has 4 aliphatic rings. The van der Waals surface area contributed by atoms with Gasteiger partial charge in [0, 0.05) is 0 Å². The second-order valence-electron chi connectivity index (χ2n) is 5.65. The van der Waals surface area contributed by atoms with Crippen molar-refractivity contribution < 1.29 is 18.9 Å². The minimum atomic E-state index is -1.31. The summed E-state index contributed by atoms with van der Waals surface area (Å²) in [5, 5.41) is 0. The first-order valence-corrected chi connectivity index (χ1v) is 6.66. The highest BCUT2D eigenvalue weighted by molar-refractivity contribution is 5.42. The van der Waals surface area contributed by atoms with Gasteiger partial charge in [-0.3, -0.25) is 9.47 Å². The van der Waals surface area contributed by atoms with Crippen molar-refractivity contribution in [3.63, 3.8) is 0 Å². The zero-order valence-corrected chi connectivity index (χ0v) is 9.87. The van der Waals surface area contributed by atoms with Crippen molar-refractivity contribution in [1.82, 2.24) is 0 Å². The van der Waals surface area contributed by atoms with Crippen LogP contribution in [0, 0.1) is 11.8 Å². The zero-order chi connectivity index (χ0) is 11.7. The average molecular weight is 246 g/mol. The lowest BCUT2D eigenvalue weighted by Crippen LogP contribution is -2.41. The van der Waals surface area contributed by atoms with Crippen LogP contribution in [0.25, 0.3) is 0 Å². The Bertz CT molecular complexity index is 469. The molecule has 1 aromatic rings. The Labute approximate surface area is 105 Å². The lowest BCUT2D eigenvalue weighted by atomic mass is 9.95. The van der Waals surface area contributed by atoms with Crippen molar-refractivity contribution >= 4 is 0 Å². The quantitative estimate of drug-likeness (QED) is 0.703. The Kier molecular flexibility index (Phi) is 1.61. The molecule has 5 rings (SSSR count). The van der Waals surface area contributed by atoms with E-state index in [2.05, 4.69) is 0 Å². The van der Waals surface area contributed by atoms with E-state index in [1.165, 1.54) is 19.3 Å². The van der Waals surface area contributed by atoms with Crippen LogP contribution < -0.4 is 9.47 Å². The number of fused-ring (bicyclic) bond motifs is 6. The van der Waals surface area contributed by atoms with Gasteiger partial charge in [0.1, 0.15) is 0 Å². The molecule has 2 saturated carbocycles. The first kappa shape index (κ1) is 9.64. The van der Waals surface area contributed by atoms with Crippen LogP contribution in [-0.4, -0.2) is 18.4 Å². The van der Waals surface area contributed by atoms with Crippen LogP contribution in [0.2, 0.25) is 0 Å². The van der Waals surface area contributed by atoms with Gasteiger partial charge in [-0.25, -0.2) is 0 Å². The zero-order valence-electron chi connectivity index (χ0n) is 9.87. The van der Waals surface area contributed by atoms with Gasteiger partial charge in [-0.1, -0.05) is 12.1 Å². The molecular weight excluding hydrogens is 232 g/mol. The third kappa shape index (κ3) is 1.08. The Morgan fingerprint density at radius 1 is 0.889 bits per heavy atom. The predicted octanol–water partition coefficient (Wildman–Crippen LogP) is 2.28. The highest BCUT2D eigenvalue weighted by atomic mass is 17.1. The van der Waals surface area contributed by atoms with Gasteiger partial charge in [-0.15, -0.1) is 0 Å². The maximum Gasteiger partial charge on any atom is 0.511 e. The van der Waals surface area contributed by atoms with Crippen molar-refractivity contribution in [2.45, 2.75) is 37.6 Å². The number of benzene rings is 1. The summed E-state index contributed by atoms with van der Waals surface area (Å²) in [6.45, 7) is 0. The summed E-state index contributed by atoms with van der Waals surface area (Å²) in [6, 6.07) is 7.58. The van der Waals surface area contributed by atoms with E-state index in [0.29, 0.717) is 23.3 Å². The molecule has 1 spiro atoms. The molecule has 0 amide bonds. The number of hydrogen-bond acceptors (Lipinski definition) is 4. The minimum Gasteiger partial charge on any atom is -0.403 e. The fourth-order valence-corrected chi connectivity index (χ4v) is 3.88. The maximum atomic E-state index is 5.98. The second kappa shape index (κ2) is 3.00. The van der Waals surface area contributed by atoms with Crippen molar-refractivity contribution in [2.24, 2.45) is 11.8 Å². The van der Waals surface area contributed by atoms with Crippen molar-refractivity contribution in [2.75, 3.05) is 0 Å². The molecule has 1 aromatic carbocycles. The summed E-state index contributed by atoms with van der Waals surface area (Å²) in [7, 11) is 0. The van der Waals surface area contributed by atoms with E-state index in [0.717, 1.165) is 0 Å². The highest BCUT2D eigenvalue weighted by Gasteiger charge is 2.64. The monoisotopic (exact) mass is 246 g/mol. The molecule has 0 aromatic heterocycles. The van der Waals surface area contributed by atoms with Gasteiger partial charge in [-0.2, -0.15) is 0 Å². The highest BCUT2D eigenvalue weighted by Crippen LogP contribution is 2.55. The maximum absolute atomic E-state index is 5.98. The SMILES string of the molecule is c1ccc2c(c1)OC1(O2)O[C@@H]2[C@H]3CC[C@H](C3)[C@@H]2O1. The minimum absolute atomic E-state index is 0.151. The molecule has 4 heteroatoms. The molecule has 3 fully saturated rings.